The first-order chi connectivity index (χ1) is 17.2. The van der Waals surface area contributed by atoms with E-state index in [0.717, 1.165) is 74.0 Å². The molecule has 0 radical (unpaired) electrons. The molecule has 178 valence electrons. The Hall–Kier alpha value is -3.61. The Morgan fingerprint density at radius 3 is 2.74 bits per heavy atom. The van der Waals surface area contributed by atoms with E-state index in [9.17, 15) is 0 Å². The molecule has 4 aromatic rings. The predicted octanol–water partition coefficient (Wildman–Crippen LogP) is 4.60. The van der Waals surface area contributed by atoms with Crippen molar-refractivity contribution >= 4 is 23.0 Å². The number of ether oxygens (including phenoxy) is 1. The molecule has 1 spiro atoms. The SMILES string of the molecule is COc1cccc2c1CC1(CCN(c3nccn4c(N5CCCc6ncccc65)ncc34)CC1)C2. The van der Waals surface area contributed by atoms with Gasteiger partial charge in [-0.25, -0.2) is 9.97 Å². The number of hydrogen-bond acceptors (Lipinski definition) is 6. The standard InChI is InChI=1S/C28H30N6O/c1-35-25-8-2-5-20-17-28(18-21(20)25)9-14-32(15-10-28)26-24-19-31-27(34(24)16-12-30-26)33-13-4-6-22-23(33)7-3-11-29-22/h2-3,5,7-8,11-12,16,19H,4,6,9-10,13-15,17-18H2,1H3. The molecule has 1 saturated heterocycles. The van der Waals surface area contributed by atoms with Crippen molar-refractivity contribution in [3.8, 4) is 5.75 Å². The second-order valence-electron chi connectivity index (χ2n) is 10.2. The minimum atomic E-state index is 0.342. The summed E-state index contributed by atoms with van der Waals surface area (Å²) in [6, 6.07) is 10.7. The molecular weight excluding hydrogens is 436 g/mol. The fourth-order valence-corrected chi connectivity index (χ4v) is 6.50. The van der Waals surface area contributed by atoms with Gasteiger partial charge in [-0.3, -0.25) is 9.38 Å². The summed E-state index contributed by atoms with van der Waals surface area (Å²) in [4.78, 5) is 19.1. The van der Waals surface area contributed by atoms with Crippen LogP contribution in [0.4, 0.5) is 17.5 Å². The highest BCUT2D eigenvalue weighted by atomic mass is 16.5. The molecule has 1 aliphatic carbocycles. The van der Waals surface area contributed by atoms with E-state index >= 15 is 0 Å². The molecule has 3 aliphatic rings. The minimum absolute atomic E-state index is 0.342. The van der Waals surface area contributed by atoms with Crippen molar-refractivity contribution in [1.82, 2.24) is 19.4 Å². The maximum absolute atomic E-state index is 5.67. The van der Waals surface area contributed by atoms with Crippen molar-refractivity contribution in [2.24, 2.45) is 5.41 Å². The highest BCUT2D eigenvalue weighted by Gasteiger charge is 2.41. The van der Waals surface area contributed by atoms with Crippen molar-refractivity contribution in [3.63, 3.8) is 0 Å². The Morgan fingerprint density at radius 2 is 1.86 bits per heavy atom. The smallest absolute Gasteiger partial charge is 0.214 e. The summed E-state index contributed by atoms with van der Waals surface area (Å²) in [5.74, 6) is 3.04. The van der Waals surface area contributed by atoms with Gasteiger partial charge in [-0.05, 0) is 73.3 Å². The Kier molecular flexibility index (Phi) is 4.72. The van der Waals surface area contributed by atoms with Crippen LogP contribution in [-0.2, 0) is 19.3 Å². The molecule has 7 rings (SSSR count). The molecule has 7 nitrogen and oxygen atoms in total. The first-order valence-electron chi connectivity index (χ1n) is 12.7. The molecule has 3 aromatic heterocycles. The van der Waals surface area contributed by atoms with E-state index in [1.54, 1.807) is 7.11 Å². The van der Waals surface area contributed by atoms with Gasteiger partial charge in [0.05, 0.1) is 24.7 Å². The predicted molar refractivity (Wildman–Crippen MR) is 137 cm³/mol. The third-order valence-electron chi connectivity index (χ3n) is 8.30. The van der Waals surface area contributed by atoms with E-state index in [2.05, 4.69) is 43.4 Å². The van der Waals surface area contributed by atoms with Crippen LogP contribution >= 0.6 is 0 Å². The second kappa shape index (κ2) is 7.97. The summed E-state index contributed by atoms with van der Waals surface area (Å²) in [5, 5.41) is 0. The molecule has 0 bridgehead atoms. The van der Waals surface area contributed by atoms with E-state index in [-0.39, 0.29) is 0 Å². The highest BCUT2D eigenvalue weighted by molar-refractivity contribution is 5.73. The van der Waals surface area contributed by atoms with Gasteiger partial charge in [-0.1, -0.05) is 12.1 Å². The molecule has 1 fully saturated rings. The van der Waals surface area contributed by atoms with E-state index in [4.69, 9.17) is 14.7 Å². The van der Waals surface area contributed by atoms with Crippen LogP contribution in [0.5, 0.6) is 5.75 Å². The van der Waals surface area contributed by atoms with Gasteiger partial charge in [0.15, 0.2) is 5.82 Å². The lowest BCUT2D eigenvalue weighted by Crippen LogP contribution is -2.41. The van der Waals surface area contributed by atoms with Gasteiger partial charge in [-0.15, -0.1) is 0 Å². The van der Waals surface area contributed by atoms with Crippen LogP contribution in [0.3, 0.4) is 0 Å². The summed E-state index contributed by atoms with van der Waals surface area (Å²) in [7, 11) is 1.79. The van der Waals surface area contributed by atoms with Crippen LogP contribution in [0.25, 0.3) is 5.52 Å². The van der Waals surface area contributed by atoms with E-state index < -0.39 is 0 Å². The Bertz CT molecular complexity index is 1400. The summed E-state index contributed by atoms with van der Waals surface area (Å²) in [6.07, 6.45) is 14.5. The number of imidazole rings is 1. The molecule has 0 atom stereocenters. The summed E-state index contributed by atoms with van der Waals surface area (Å²) in [6.45, 7) is 2.98. The Balaban J connectivity index is 1.16. The van der Waals surface area contributed by atoms with Gasteiger partial charge < -0.3 is 14.5 Å². The van der Waals surface area contributed by atoms with Crippen molar-refractivity contribution in [2.45, 2.75) is 38.5 Å². The first kappa shape index (κ1) is 20.7. The molecular formula is C28H30N6O. The maximum atomic E-state index is 5.67. The number of aryl methyl sites for hydroxylation is 1. The quantitative estimate of drug-likeness (QED) is 0.440. The molecule has 0 amide bonds. The lowest BCUT2D eigenvalue weighted by atomic mass is 9.76. The molecule has 5 heterocycles. The van der Waals surface area contributed by atoms with E-state index in [1.165, 1.54) is 29.7 Å². The zero-order chi connectivity index (χ0) is 23.4. The third-order valence-corrected chi connectivity index (χ3v) is 8.30. The first-order valence-corrected chi connectivity index (χ1v) is 12.7. The summed E-state index contributed by atoms with van der Waals surface area (Å²) < 4.78 is 7.87. The number of rotatable bonds is 3. The lowest BCUT2D eigenvalue weighted by molar-refractivity contribution is 0.231. The molecule has 2 aliphatic heterocycles. The monoisotopic (exact) mass is 466 g/mol. The molecule has 0 saturated carbocycles. The largest absolute Gasteiger partial charge is 0.496 e. The van der Waals surface area contributed by atoms with Gasteiger partial charge in [0.25, 0.3) is 0 Å². The summed E-state index contributed by atoms with van der Waals surface area (Å²) in [5.41, 5.74) is 6.62. The van der Waals surface area contributed by atoms with Crippen LogP contribution in [0.15, 0.2) is 55.1 Å². The molecule has 35 heavy (non-hydrogen) atoms. The Morgan fingerprint density at radius 1 is 0.943 bits per heavy atom. The van der Waals surface area contributed by atoms with Gasteiger partial charge in [0.1, 0.15) is 11.3 Å². The maximum Gasteiger partial charge on any atom is 0.214 e. The summed E-state index contributed by atoms with van der Waals surface area (Å²) >= 11 is 0. The molecule has 0 N–H and O–H groups in total. The van der Waals surface area contributed by atoms with E-state index in [1.807, 2.05) is 30.9 Å². The van der Waals surface area contributed by atoms with Gasteiger partial charge in [-0.2, -0.15) is 0 Å². The number of pyridine rings is 1. The van der Waals surface area contributed by atoms with E-state index in [0.29, 0.717) is 5.41 Å². The van der Waals surface area contributed by atoms with Gasteiger partial charge in [0.2, 0.25) is 5.95 Å². The van der Waals surface area contributed by atoms with Crippen LogP contribution in [0.2, 0.25) is 0 Å². The molecule has 0 unspecified atom stereocenters. The number of nitrogens with zero attached hydrogens (tertiary/aromatic N) is 6. The normalized spacial score (nSPS) is 18.7. The van der Waals surface area contributed by atoms with Crippen molar-refractivity contribution in [3.05, 3.63) is 71.9 Å². The van der Waals surface area contributed by atoms with Crippen molar-refractivity contribution in [1.29, 1.82) is 0 Å². The number of hydrogen-bond donors (Lipinski definition) is 0. The van der Waals surface area contributed by atoms with Crippen molar-refractivity contribution < 1.29 is 4.74 Å². The zero-order valence-electron chi connectivity index (χ0n) is 20.2. The number of methoxy groups -OCH3 is 1. The Labute approximate surface area is 205 Å². The van der Waals surface area contributed by atoms with Crippen LogP contribution in [0.1, 0.15) is 36.1 Å². The van der Waals surface area contributed by atoms with Crippen LogP contribution in [-0.4, -0.2) is 46.1 Å². The van der Waals surface area contributed by atoms with Crippen LogP contribution < -0.4 is 14.5 Å². The second-order valence-corrected chi connectivity index (χ2v) is 10.2. The van der Waals surface area contributed by atoms with Crippen LogP contribution in [0, 0.1) is 5.41 Å². The number of aromatic nitrogens is 4. The zero-order valence-corrected chi connectivity index (χ0v) is 20.2. The highest BCUT2D eigenvalue weighted by Crippen LogP contribution is 2.48. The minimum Gasteiger partial charge on any atom is -0.496 e. The fourth-order valence-electron chi connectivity index (χ4n) is 6.50. The number of anilines is 3. The molecule has 1 aromatic carbocycles. The molecule has 7 heteroatoms. The third kappa shape index (κ3) is 3.28. The number of piperidine rings is 1. The average molecular weight is 467 g/mol. The van der Waals surface area contributed by atoms with Gasteiger partial charge in [0, 0.05) is 38.2 Å². The van der Waals surface area contributed by atoms with Gasteiger partial charge >= 0.3 is 0 Å². The average Bonchev–Trinajstić information content (AvgIpc) is 3.50. The fraction of sp³-hybridized carbons (Fsp3) is 0.393. The van der Waals surface area contributed by atoms with Crippen molar-refractivity contribution in [2.75, 3.05) is 36.5 Å². The number of benzene rings is 1. The topological polar surface area (TPSA) is 58.8 Å². The lowest BCUT2D eigenvalue weighted by Gasteiger charge is -2.40. The number of fused-ring (bicyclic) bond motifs is 3.